The van der Waals surface area contributed by atoms with Gasteiger partial charge in [0.25, 0.3) is 0 Å². The molecule has 0 aliphatic heterocycles. The lowest BCUT2D eigenvalue weighted by atomic mass is 10.1. The summed E-state index contributed by atoms with van der Waals surface area (Å²) in [6.07, 6.45) is 3.40. The van der Waals surface area contributed by atoms with Crippen molar-refractivity contribution in [3.63, 3.8) is 0 Å². The fraction of sp³-hybridized carbons (Fsp3) is 0.478. The van der Waals surface area contributed by atoms with Gasteiger partial charge in [0.1, 0.15) is 12.4 Å². The van der Waals surface area contributed by atoms with Crippen molar-refractivity contribution in [3.8, 4) is 5.75 Å². The van der Waals surface area contributed by atoms with Gasteiger partial charge in [-0.05, 0) is 49.9 Å². The molecule has 26 heavy (non-hydrogen) atoms. The minimum Gasteiger partial charge on any atom is -0.492 e. The average Bonchev–Trinajstić information content (AvgIpc) is 2.66. The van der Waals surface area contributed by atoms with Crippen LogP contribution in [0.1, 0.15) is 50.8 Å². The molecule has 0 radical (unpaired) electrons. The van der Waals surface area contributed by atoms with Crippen LogP contribution in [0.3, 0.4) is 0 Å². The zero-order valence-electron chi connectivity index (χ0n) is 16.4. The molecule has 0 fully saturated rings. The van der Waals surface area contributed by atoms with Crippen LogP contribution in [-0.4, -0.2) is 25.8 Å². The van der Waals surface area contributed by atoms with Crippen LogP contribution in [-0.2, 0) is 11.2 Å². The molecule has 142 valence electrons. The molecule has 1 N–H and O–H groups in total. The molecular formula is C23H33NO2. The van der Waals surface area contributed by atoms with Crippen molar-refractivity contribution in [1.82, 2.24) is 5.32 Å². The maximum Gasteiger partial charge on any atom is 0.119 e. The molecule has 0 heterocycles. The molecule has 0 bridgehead atoms. The highest BCUT2D eigenvalue weighted by molar-refractivity contribution is 5.28. The minimum absolute atomic E-state index is 0.194. The van der Waals surface area contributed by atoms with Gasteiger partial charge < -0.3 is 14.8 Å². The Hall–Kier alpha value is -1.84. The van der Waals surface area contributed by atoms with E-state index in [-0.39, 0.29) is 6.10 Å². The molecule has 2 unspecified atom stereocenters. The molecule has 0 aromatic heterocycles. The van der Waals surface area contributed by atoms with Gasteiger partial charge in [0, 0.05) is 19.2 Å². The van der Waals surface area contributed by atoms with E-state index in [4.69, 9.17) is 9.47 Å². The summed E-state index contributed by atoms with van der Waals surface area (Å²) in [6.45, 7) is 8.70. The molecule has 3 heteroatoms. The Morgan fingerprint density at radius 3 is 2.35 bits per heavy atom. The summed E-state index contributed by atoms with van der Waals surface area (Å²) in [5.74, 6) is 0.915. The van der Waals surface area contributed by atoms with Crippen LogP contribution in [0.4, 0.5) is 0 Å². The van der Waals surface area contributed by atoms with E-state index < -0.39 is 0 Å². The van der Waals surface area contributed by atoms with Crippen LogP contribution >= 0.6 is 0 Å². The highest BCUT2D eigenvalue weighted by Gasteiger charge is 2.10. The first-order valence-corrected chi connectivity index (χ1v) is 9.84. The fourth-order valence-corrected chi connectivity index (χ4v) is 3.10. The summed E-state index contributed by atoms with van der Waals surface area (Å²) < 4.78 is 11.7. The van der Waals surface area contributed by atoms with E-state index in [2.05, 4.69) is 61.6 Å². The monoisotopic (exact) mass is 355 g/mol. The second kappa shape index (κ2) is 11.7. The minimum atomic E-state index is 0.194. The number of hydrogen-bond donors (Lipinski definition) is 1. The predicted molar refractivity (Wildman–Crippen MR) is 109 cm³/mol. The summed E-state index contributed by atoms with van der Waals surface area (Å²) in [4.78, 5) is 0. The van der Waals surface area contributed by atoms with Crippen molar-refractivity contribution in [1.29, 1.82) is 0 Å². The third kappa shape index (κ3) is 7.19. The first-order valence-electron chi connectivity index (χ1n) is 9.84. The fourth-order valence-electron chi connectivity index (χ4n) is 3.10. The molecular weight excluding hydrogens is 322 g/mol. The first-order chi connectivity index (χ1) is 12.7. The number of ether oxygens (including phenoxy) is 2. The zero-order chi connectivity index (χ0) is 18.6. The molecule has 2 aromatic carbocycles. The third-order valence-electron chi connectivity index (χ3n) is 4.42. The van der Waals surface area contributed by atoms with Gasteiger partial charge in [-0.25, -0.2) is 0 Å². The highest BCUT2D eigenvalue weighted by atomic mass is 16.5. The van der Waals surface area contributed by atoms with E-state index in [1.54, 1.807) is 0 Å². The van der Waals surface area contributed by atoms with Crippen LogP contribution in [0.25, 0.3) is 0 Å². The summed E-state index contributed by atoms with van der Waals surface area (Å²) in [5.41, 5.74) is 2.59. The van der Waals surface area contributed by atoms with Crippen LogP contribution in [0.2, 0.25) is 0 Å². The zero-order valence-corrected chi connectivity index (χ0v) is 16.4. The van der Waals surface area contributed by atoms with Crippen LogP contribution in [0.15, 0.2) is 54.6 Å². The molecule has 2 atom stereocenters. The van der Waals surface area contributed by atoms with Crippen molar-refractivity contribution in [2.24, 2.45) is 0 Å². The third-order valence-corrected chi connectivity index (χ3v) is 4.42. The lowest BCUT2D eigenvalue weighted by molar-refractivity contribution is 0.0556. The standard InChI is InChI=1S/C23H33NO2/c1-4-9-23(25-5-2)21-12-14-22(15-13-21)26-17-16-24-19(3)18-20-10-7-6-8-11-20/h6-8,10-15,19,23-24H,4-5,9,16-18H2,1-3H3. The average molecular weight is 356 g/mol. The van der Waals surface area contributed by atoms with Gasteiger partial charge in [-0.1, -0.05) is 55.8 Å². The molecule has 2 aromatic rings. The van der Waals surface area contributed by atoms with Gasteiger partial charge in [-0.2, -0.15) is 0 Å². The molecule has 0 saturated carbocycles. The Labute approximate surface area is 158 Å². The van der Waals surface area contributed by atoms with Gasteiger partial charge in [-0.3, -0.25) is 0 Å². The summed E-state index contributed by atoms with van der Waals surface area (Å²) in [5, 5.41) is 3.52. The Morgan fingerprint density at radius 1 is 0.962 bits per heavy atom. The molecule has 3 nitrogen and oxygen atoms in total. The molecule has 0 aliphatic carbocycles. The molecule has 0 spiro atoms. The lowest BCUT2D eigenvalue weighted by Crippen LogP contribution is -2.31. The molecule has 0 saturated heterocycles. The van der Waals surface area contributed by atoms with E-state index in [1.807, 2.05) is 19.1 Å². The van der Waals surface area contributed by atoms with E-state index in [0.29, 0.717) is 12.6 Å². The Morgan fingerprint density at radius 2 is 1.69 bits per heavy atom. The van der Waals surface area contributed by atoms with Crippen LogP contribution in [0.5, 0.6) is 5.75 Å². The first kappa shape index (κ1) is 20.5. The van der Waals surface area contributed by atoms with Gasteiger partial charge in [0.15, 0.2) is 0 Å². The topological polar surface area (TPSA) is 30.5 Å². The Kier molecular flexibility index (Phi) is 9.22. The van der Waals surface area contributed by atoms with E-state index in [0.717, 1.165) is 38.2 Å². The van der Waals surface area contributed by atoms with Crippen molar-refractivity contribution in [2.75, 3.05) is 19.8 Å². The normalized spacial score (nSPS) is 13.3. The Bertz CT molecular complexity index is 591. The van der Waals surface area contributed by atoms with Gasteiger partial charge in [0.2, 0.25) is 0 Å². The largest absolute Gasteiger partial charge is 0.492 e. The predicted octanol–water partition coefficient (Wildman–Crippen LogP) is 5.16. The summed E-state index contributed by atoms with van der Waals surface area (Å²) >= 11 is 0. The van der Waals surface area contributed by atoms with Gasteiger partial charge >= 0.3 is 0 Å². The van der Waals surface area contributed by atoms with Crippen LogP contribution in [0, 0.1) is 0 Å². The van der Waals surface area contributed by atoms with Crippen molar-refractivity contribution in [2.45, 2.75) is 52.2 Å². The second-order valence-corrected chi connectivity index (χ2v) is 6.70. The SMILES string of the molecule is CCCC(OCC)c1ccc(OCCNC(C)Cc2ccccc2)cc1. The quantitative estimate of drug-likeness (QED) is 0.533. The van der Waals surface area contributed by atoms with Gasteiger partial charge in [-0.15, -0.1) is 0 Å². The van der Waals surface area contributed by atoms with E-state index in [1.165, 1.54) is 11.1 Å². The molecule has 0 aliphatic rings. The maximum absolute atomic E-state index is 5.86. The number of rotatable bonds is 12. The number of hydrogen-bond acceptors (Lipinski definition) is 3. The van der Waals surface area contributed by atoms with Crippen molar-refractivity contribution >= 4 is 0 Å². The lowest BCUT2D eigenvalue weighted by Gasteiger charge is -2.17. The Balaban J connectivity index is 1.70. The number of benzene rings is 2. The smallest absolute Gasteiger partial charge is 0.119 e. The molecule has 2 rings (SSSR count). The van der Waals surface area contributed by atoms with Gasteiger partial charge in [0.05, 0.1) is 6.10 Å². The summed E-state index contributed by atoms with van der Waals surface area (Å²) in [6, 6.07) is 19.3. The maximum atomic E-state index is 5.86. The van der Waals surface area contributed by atoms with E-state index in [9.17, 15) is 0 Å². The van der Waals surface area contributed by atoms with Crippen LogP contribution < -0.4 is 10.1 Å². The summed E-state index contributed by atoms with van der Waals surface area (Å²) in [7, 11) is 0. The van der Waals surface area contributed by atoms with Crippen molar-refractivity contribution in [3.05, 3.63) is 65.7 Å². The molecule has 0 amide bonds. The second-order valence-electron chi connectivity index (χ2n) is 6.70. The van der Waals surface area contributed by atoms with E-state index >= 15 is 0 Å². The number of nitrogens with one attached hydrogen (secondary N) is 1. The highest BCUT2D eigenvalue weighted by Crippen LogP contribution is 2.24. The van der Waals surface area contributed by atoms with Crippen molar-refractivity contribution < 1.29 is 9.47 Å².